The third-order valence-electron chi connectivity index (χ3n) is 7.83. The van der Waals surface area contributed by atoms with Crippen LogP contribution in [0.15, 0.2) is 30.5 Å². The number of methoxy groups -OCH3 is 1. The average Bonchev–Trinajstić information content (AvgIpc) is 3.35. The Balaban J connectivity index is 1.19. The SMILES string of the molecule is COc1c(F)cc(C(C)C)cc1[C@@H](C(=O)O)N1CC[C@@H](OCCCCCC[C@@H]2CCc3cccnc3N2)C1. The van der Waals surface area contributed by atoms with Crippen LogP contribution in [0.4, 0.5) is 10.2 Å². The van der Waals surface area contributed by atoms with Crippen LogP contribution in [0.1, 0.15) is 87.4 Å². The van der Waals surface area contributed by atoms with Gasteiger partial charge < -0.3 is 19.9 Å². The Hall–Kier alpha value is -2.71. The molecule has 0 bridgehead atoms. The zero-order chi connectivity index (χ0) is 27.1. The summed E-state index contributed by atoms with van der Waals surface area (Å²) in [4.78, 5) is 18.7. The quantitative estimate of drug-likeness (QED) is 0.312. The summed E-state index contributed by atoms with van der Waals surface area (Å²) in [5, 5.41) is 13.7. The van der Waals surface area contributed by atoms with Crippen molar-refractivity contribution in [2.45, 2.75) is 89.3 Å². The number of aliphatic carboxylic acids is 1. The first-order valence-electron chi connectivity index (χ1n) is 14.0. The van der Waals surface area contributed by atoms with E-state index < -0.39 is 17.8 Å². The van der Waals surface area contributed by atoms with Crippen molar-refractivity contribution in [1.29, 1.82) is 0 Å². The van der Waals surface area contributed by atoms with E-state index in [0.29, 0.717) is 31.3 Å². The van der Waals surface area contributed by atoms with Crippen LogP contribution in [-0.2, 0) is 16.0 Å². The number of carbonyl (C=O) groups is 1. The lowest BCUT2D eigenvalue weighted by Crippen LogP contribution is -2.34. The Kier molecular flexibility index (Phi) is 9.97. The number of hydrogen-bond acceptors (Lipinski definition) is 6. The second-order valence-corrected chi connectivity index (χ2v) is 10.9. The number of aromatic nitrogens is 1. The largest absolute Gasteiger partial charge is 0.493 e. The molecule has 2 aromatic rings. The van der Waals surface area contributed by atoms with E-state index in [4.69, 9.17) is 9.47 Å². The Morgan fingerprint density at radius 2 is 2.05 bits per heavy atom. The van der Waals surface area contributed by atoms with Crippen molar-refractivity contribution in [3.8, 4) is 5.75 Å². The fourth-order valence-corrected chi connectivity index (χ4v) is 5.68. The van der Waals surface area contributed by atoms with Crippen molar-refractivity contribution in [1.82, 2.24) is 9.88 Å². The van der Waals surface area contributed by atoms with Crippen LogP contribution in [0.5, 0.6) is 5.75 Å². The molecule has 2 aliphatic rings. The van der Waals surface area contributed by atoms with Gasteiger partial charge in [-0.15, -0.1) is 0 Å². The summed E-state index contributed by atoms with van der Waals surface area (Å²) in [5.74, 6) is -0.395. The Morgan fingerprint density at radius 1 is 1.24 bits per heavy atom. The molecule has 0 unspecified atom stereocenters. The number of nitrogens with one attached hydrogen (secondary N) is 1. The molecular weight excluding hydrogens is 485 g/mol. The predicted octanol–water partition coefficient (Wildman–Crippen LogP) is 5.95. The van der Waals surface area contributed by atoms with Gasteiger partial charge in [0.15, 0.2) is 11.6 Å². The van der Waals surface area contributed by atoms with E-state index in [2.05, 4.69) is 16.4 Å². The standard InChI is InChI=1S/C30H42FN3O4/c1-20(2)22-17-25(28(37-3)26(31)18-22)27(30(35)36)34-15-13-24(19-34)38-16-7-5-4-6-10-23-12-11-21-9-8-14-32-29(21)33-23/h8-9,14,17-18,20,23-24,27H,4-7,10-13,15-16,19H2,1-3H3,(H,32,33)(H,35,36)/t23-,24-,27+/m1/s1. The van der Waals surface area contributed by atoms with Crippen LogP contribution in [0.25, 0.3) is 0 Å². The van der Waals surface area contributed by atoms with Crippen LogP contribution in [0.3, 0.4) is 0 Å². The van der Waals surface area contributed by atoms with Crippen LogP contribution in [-0.4, -0.2) is 59.9 Å². The molecule has 4 rings (SSSR count). The molecule has 38 heavy (non-hydrogen) atoms. The Morgan fingerprint density at radius 3 is 2.82 bits per heavy atom. The second kappa shape index (κ2) is 13.4. The molecule has 1 fully saturated rings. The number of halogens is 1. The van der Waals surface area contributed by atoms with Gasteiger partial charge in [-0.25, -0.2) is 9.37 Å². The second-order valence-electron chi connectivity index (χ2n) is 10.9. The summed E-state index contributed by atoms with van der Waals surface area (Å²) in [5.41, 5.74) is 2.45. The highest BCUT2D eigenvalue weighted by molar-refractivity contribution is 5.77. The van der Waals surface area contributed by atoms with Gasteiger partial charge in [0.2, 0.25) is 0 Å². The minimum absolute atomic E-state index is 0.00932. The number of benzene rings is 1. The van der Waals surface area contributed by atoms with Crippen LogP contribution >= 0.6 is 0 Å². The summed E-state index contributed by atoms with van der Waals surface area (Å²) in [6.45, 7) is 5.70. The molecule has 1 aromatic carbocycles. The fourth-order valence-electron chi connectivity index (χ4n) is 5.68. The maximum atomic E-state index is 14.8. The van der Waals surface area contributed by atoms with Gasteiger partial charge in [0, 0.05) is 37.5 Å². The lowest BCUT2D eigenvalue weighted by atomic mass is 9.95. The number of rotatable bonds is 13. The molecule has 0 aliphatic carbocycles. The molecule has 1 saturated heterocycles. The maximum Gasteiger partial charge on any atom is 0.325 e. The lowest BCUT2D eigenvalue weighted by molar-refractivity contribution is -0.143. The maximum absolute atomic E-state index is 14.8. The van der Waals surface area contributed by atoms with E-state index in [1.807, 2.05) is 31.0 Å². The third-order valence-corrected chi connectivity index (χ3v) is 7.83. The first kappa shape index (κ1) is 28.3. The summed E-state index contributed by atoms with van der Waals surface area (Å²) in [6.07, 6.45) is 10.5. The van der Waals surface area contributed by atoms with Gasteiger partial charge in [-0.1, -0.05) is 39.2 Å². The molecule has 0 radical (unpaired) electrons. The van der Waals surface area contributed by atoms with E-state index in [1.165, 1.54) is 31.6 Å². The summed E-state index contributed by atoms with van der Waals surface area (Å²) >= 11 is 0. The van der Waals surface area contributed by atoms with E-state index in [0.717, 1.165) is 49.9 Å². The smallest absolute Gasteiger partial charge is 0.325 e. The Labute approximate surface area is 225 Å². The van der Waals surface area contributed by atoms with E-state index in [1.54, 1.807) is 6.07 Å². The fraction of sp³-hybridized carbons (Fsp3) is 0.600. The van der Waals surface area contributed by atoms with Crippen molar-refractivity contribution >= 4 is 11.8 Å². The van der Waals surface area contributed by atoms with Gasteiger partial charge in [-0.05, 0) is 67.3 Å². The number of anilines is 1. The molecule has 3 heterocycles. The Bertz CT molecular complexity index is 1080. The first-order chi connectivity index (χ1) is 18.4. The van der Waals surface area contributed by atoms with E-state index >= 15 is 0 Å². The van der Waals surface area contributed by atoms with Gasteiger partial charge in [0.05, 0.1) is 13.2 Å². The molecule has 2 N–H and O–H groups in total. The zero-order valence-electron chi connectivity index (χ0n) is 22.9. The number of nitrogens with zero attached hydrogens (tertiary/aromatic N) is 2. The number of ether oxygens (including phenoxy) is 2. The number of aryl methyl sites for hydroxylation is 1. The average molecular weight is 528 g/mol. The van der Waals surface area contributed by atoms with Gasteiger partial charge in [0.1, 0.15) is 11.9 Å². The normalized spacial score (nSPS) is 20.2. The van der Waals surface area contributed by atoms with E-state index in [-0.39, 0.29) is 17.8 Å². The van der Waals surface area contributed by atoms with E-state index in [9.17, 15) is 14.3 Å². The molecule has 8 heteroatoms. The van der Waals surface area contributed by atoms with Crippen molar-refractivity contribution in [3.63, 3.8) is 0 Å². The number of hydrogen-bond donors (Lipinski definition) is 2. The molecule has 0 amide bonds. The summed E-state index contributed by atoms with van der Waals surface area (Å²) in [7, 11) is 1.38. The van der Waals surface area contributed by atoms with Crippen molar-refractivity contribution in [2.75, 3.05) is 32.1 Å². The highest BCUT2D eigenvalue weighted by atomic mass is 19.1. The molecule has 0 saturated carbocycles. The molecule has 3 atom stereocenters. The molecule has 1 aromatic heterocycles. The van der Waals surface area contributed by atoms with Crippen molar-refractivity contribution < 1.29 is 23.8 Å². The van der Waals surface area contributed by atoms with Crippen LogP contribution in [0.2, 0.25) is 0 Å². The number of unbranched alkanes of at least 4 members (excludes halogenated alkanes) is 3. The number of pyridine rings is 1. The predicted molar refractivity (Wildman–Crippen MR) is 146 cm³/mol. The van der Waals surface area contributed by atoms with Crippen LogP contribution in [0, 0.1) is 5.82 Å². The van der Waals surface area contributed by atoms with Gasteiger partial charge in [-0.3, -0.25) is 9.69 Å². The van der Waals surface area contributed by atoms with Crippen molar-refractivity contribution in [3.05, 3.63) is 53.0 Å². The third kappa shape index (κ3) is 7.03. The summed E-state index contributed by atoms with van der Waals surface area (Å²) in [6, 6.07) is 6.90. The van der Waals surface area contributed by atoms with Crippen molar-refractivity contribution in [2.24, 2.45) is 0 Å². The first-order valence-corrected chi connectivity index (χ1v) is 14.0. The number of likely N-dealkylation sites (tertiary alicyclic amines) is 1. The number of carboxylic acids is 1. The molecule has 0 spiro atoms. The molecule has 208 valence electrons. The van der Waals surface area contributed by atoms with Gasteiger partial charge in [-0.2, -0.15) is 0 Å². The lowest BCUT2D eigenvalue weighted by Gasteiger charge is -2.27. The molecular formula is C30H42FN3O4. The zero-order valence-corrected chi connectivity index (χ0v) is 22.9. The van der Waals surface area contributed by atoms with Gasteiger partial charge in [0.25, 0.3) is 0 Å². The minimum Gasteiger partial charge on any atom is -0.493 e. The topological polar surface area (TPSA) is 83.9 Å². The van der Waals surface area contributed by atoms with Gasteiger partial charge >= 0.3 is 5.97 Å². The molecule has 7 nitrogen and oxygen atoms in total. The number of carboxylic acid groups (broad SMARTS) is 1. The number of fused-ring (bicyclic) bond motifs is 1. The summed E-state index contributed by atoms with van der Waals surface area (Å²) < 4.78 is 26.2. The van der Waals surface area contributed by atoms with Crippen LogP contribution < -0.4 is 10.1 Å². The molecule has 2 aliphatic heterocycles. The highest BCUT2D eigenvalue weighted by Gasteiger charge is 2.36. The minimum atomic E-state index is -1.00. The highest BCUT2D eigenvalue weighted by Crippen LogP contribution is 2.37. The monoisotopic (exact) mass is 527 g/mol.